The Morgan fingerprint density at radius 2 is 1.95 bits per heavy atom. The van der Waals surface area contributed by atoms with Crippen LogP contribution in [0.3, 0.4) is 0 Å². The monoisotopic (exact) mass is 278 g/mol. The molecule has 0 saturated heterocycles. The normalized spacial score (nSPS) is 12.0. The van der Waals surface area contributed by atoms with Gasteiger partial charge in [-0.2, -0.15) is 0 Å². The number of aryl methyl sites for hydroxylation is 1. The van der Waals surface area contributed by atoms with E-state index in [9.17, 15) is 9.59 Å². The summed E-state index contributed by atoms with van der Waals surface area (Å²) in [6.45, 7) is 8.81. The molecule has 1 atom stereocenters. The van der Waals surface area contributed by atoms with Crippen LogP contribution < -0.4 is 10.6 Å². The molecule has 0 aliphatic rings. The van der Waals surface area contributed by atoms with Crippen molar-refractivity contribution in [1.29, 1.82) is 0 Å². The molecule has 1 aromatic carbocycles. The van der Waals surface area contributed by atoms with Gasteiger partial charge in [0.1, 0.15) is 0 Å². The number of nitrogens with one attached hydrogen (secondary N) is 2. The molecule has 5 heteroatoms. The summed E-state index contributed by atoms with van der Waals surface area (Å²) in [7, 11) is 0. The largest absolute Gasteiger partial charge is 0.478 e. The number of carboxylic acid groups (broad SMARTS) is 1. The third kappa shape index (κ3) is 4.06. The summed E-state index contributed by atoms with van der Waals surface area (Å²) in [4.78, 5) is 23.2. The van der Waals surface area contributed by atoms with E-state index in [1.54, 1.807) is 13.0 Å². The Bertz CT molecular complexity index is 512. The minimum atomic E-state index is -0.984. The van der Waals surface area contributed by atoms with Crippen molar-refractivity contribution < 1.29 is 14.7 Å². The number of rotatable bonds is 6. The summed E-state index contributed by atoms with van der Waals surface area (Å²) < 4.78 is 0. The second kappa shape index (κ2) is 7.05. The molecule has 3 N–H and O–H groups in total. The molecule has 1 unspecified atom stereocenters. The maximum Gasteiger partial charge on any atom is 0.336 e. The van der Waals surface area contributed by atoms with Crippen LogP contribution in [0.15, 0.2) is 12.1 Å². The first-order valence-electron chi connectivity index (χ1n) is 6.73. The molecule has 0 aliphatic heterocycles. The van der Waals surface area contributed by atoms with Crippen LogP contribution in [0.1, 0.15) is 35.3 Å². The van der Waals surface area contributed by atoms with Gasteiger partial charge in [0.05, 0.1) is 5.56 Å². The summed E-state index contributed by atoms with van der Waals surface area (Å²) in [5.74, 6) is -1.28. The number of aromatic carboxylic acids is 1. The standard InChI is InChI=1S/C15H22N2O3/c1-5-16-8-10(3)14(18)17-12-6-9(2)11(4)13(7-12)15(19)20/h6-7,10,16H,5,8H2,1-4H3,(H,17,18)(H,19,20). The van der Waals surface area contributed by atoms with E-state index in [4.69, 9.17) is 5.11 Å². The molecule has 0 aliphatic carbocycles. The fourth-order valence-electron chi connectivity index (χ4n) is 1.87. The predicted octanol–water partition coefficient (Wildman–Crippen LogP) is 2.19. The lowest BCUT2D eigenvalue weighted by molar-refractivity contribution is -0.119. The van der Waals surface area contributed by atoms with E-state index in [0.717, 1.165) is 17.7 Å². The molecule has 5 nitrogen and oxygen atoms in total. The quantitative estimate of drug-likeness (QED) is 0.745. The Kier molecular flexibility index (Phi) is 5.70. The molecule has 1 aromatic rings. The average Bonchev–Trinajstić information content (AvgIpc) is 2.39. The second-order valence-electron chi connectivity index (χ2n) is 4.97. The number of hydrogen-bond acceptors (Lipinski definition) is 3. The summed E-state index contributed by atoms with van der Waals surface area (Å²) in [6, 6.07) is 3.29. The van der Waals surface area contributed by atoms with Crippen molar-refractivity contribution in [3.63, 3.8) is 0 Å². The van der Waals surface area contributed by atoms with Crippen molar-refractivity contribution in [2.24, 2.45) is 5.92 Å². The Labute approximate surface area is 119 Å². The summed E-state index contributed by atoms with van der Waals surface area (Å²) in [6.07, 6.45) is 0. The van der Waals surface area contributed by atoms with Gasteiger partial charge in [-0.25, -0.2) is 4.79 Å². The molecule has 110 valence electrons. The number of benzene rings is 1. The predicted molar refractivity (Wildman–Crippen MR) is 79.2 cm³/mol. The number of hydrogen-bond donors (Lipinski definition) is 3. The lowest BCUT2D eigenvalue weighted by atomic mass is 10.0. The van der Waals surface area contributed by atoms with Gasteiger partial charge >= 0.3 is 5.97 Å². The Morgan fingerprint density at radius 1 is 1.30 bits per heavy atom. The van der Waals surface area contributed by atoms with Crippen LogP contribution in [0.25, 0.3) is 0 Å². The van der Waals surface area contributed by atoms with Crippen LogP contribution in [0.2, 0.25) is 0 Å². The van der Waals surface area contributed by atoms with Gasteiger partial charge in [-0.3, -0.25) is 4.79 Å². The minimum Gasteiger partial charge on any atom is -0.478 e. The third-order valence-corrected chi connectivity index (χ3v) is 3.31. The van der Waals surface area contributed by atoms with Gasteiger partial charge in [-0.05, 0) is 43.7 Å². The molecule has 0 bridgehead atoms. The first-order valence-corrected chi connectivity index (χ1v) is 6.73. The van der Waals surface area contributed by atoms with Gasteiger partial charge < -0.3 is 15.7 Å². The van der Waals surface area contributed by atoms with Crippen molar-refractivity contribution in [1.82, 2.24) is 5.32 Å². The van der Waals surface area contributed by atoms with Crippen LogP contribution in [-0.2, 0) is 4.79 Å². The van der Waals surface area contributed by atoms with E-state index in [-0.39, 0.29) is 17.4 Å². The fourth-order valence-corrected chi connectivity index (χ4v) is 1.87. The Morgan fingerprint density at radius 3 is 2.50 bits per heavy atom. The minimum absolute atomic E-state index is 0.120. The molecule has 0 spiro atoms. The topological polar surface area (TPSA) is 78.4 Å². The first-order chi connectivity index (χ1) is 9.36. The van der Waals surface area contributed by atoms with Gasteiger partial charge in [-0.15, -0.1) is 0 Å². The van der Waals surface area contributed by atoms with Gasteiger partial charge in [0.25, 0.3) is 0 Å². The van der Waals surface area contributed by atoms with Gasteiger partial charge in [0, 0.05) is 18.2 Å². The SMILES string of the molecule is CCNCC(C)C(=O)Nc1cc(C)c(C)c(C(=O)O)c1. The van der Waals surface area contributed by atoms with Crippen molar-refractivity contribution in [3.05, 3.63) is 28.8 Å². The van der Waals surface area contributed by atoms with E-state index in [1.165, 1.54) is 6.07 Å². The average molecular weight is 278 g/mol. The Hall–Kier alpha value is -1.88. The zero-order valence-electron chi connectivity index (χ0n) is 12.4. The first kappa shape index (κ1) is 16.2. The second-order valence-corrected chi connectivity index (χ2v) is 4.97. The molecular formula is C15H22N2O3. The van der Waals surface area contributed by atoms with Crippen molar-refractivity contribution in [2.45, 2.75) is 27.7 Å². The molecule has 0 saturated carbocycles. The van der Waals surface area contributed by atoms with E-state index < -0.39 is 5.97 Å². The van der Waals surface area contributed by atoms with E-state index >= 15 is 0 Å². The van der Waals surface area contributed by atoms with E-state index in [0.29, 0.717) is 12.2 Å². The number of amides is 1. The van der Waals surface area contributed by atoms with Crippen LogP contribution >= 0.6 is 0 Å². The lowest BCUT2D eigenvalue weighted by Crippen LogP contribution is -2.30. The van der Waals surface area contributed by atoms with Crippen LogP contribution in [0, 0.1) is 19.8 Å². The van der Waals surface area contributed by atoms with Gasteiger partial charge in [-0.1, -0.05) is 13.8 Å². The zero-order valence-corrected chi connectivity index (χ0v) is 12.4. The highest BCUT2D eigenvalue weighted by Crippen LogP contribution is 2.20. The number of carboxylic acids is 1. The molecule has 0 radical (unpaired) electrons. The summed E-state index contributed by atoms with van der Waals surface area (Å²) >= 11 is 0. The highest BCUT2D eigenvalue weighted by Gasteiger charge is 2.15. The third-order valence-electron chi connectivity index (χ3n) is 3.31. The molecule has 0 heterocycles. The van der Waals surface area contributed by atoms with Crippen molar-refractivity contribution in [3.8, 4) is 0 Å². The van der Waals surface area contributed by atoms with Gasteiger partial charge in [0.2, 0.25) is 5.91 Å². The van der Waals surface area contributed by atoms with Crippen molar-refractivity contribution >= 4 is 17.6 Å². The van der Waals surface area contributed by atoms with E-state index in [1.807, 2.05) is 20.8 Å². The van der Waals surface area contributed by atoms with Crippen molar-refractivity contribution in [2.75, 3.05) is 18.4 Å². The molecule has 0 fully saturated rings. The molecule has 0 aromatic heterocycles. The summed E-state index contributed by atoms with van der Waals surface area (Å²) in [5.41, 5.74) is 2.31. The number of carbonyl (C=O) groups excluding carboxylic acids is 1. The molecular weight excluding hydrogens is 256 g/mol. The number of anilines is 1. The molecule has 20 heavy (non-hydrogen) atoms. The molecule has 1 rings (SSSR count). The van der Waals surface area contributed by atoms with Crippen LogP contribution in [-0.4, -0.2) is 30.1 Å². The summed E-state index contributed by atoms with van der Waals surface area (Å²) in [5, 5.41) is 15.0. The van der Waals surface area contributed by atoms with Crippen LogP contribution in [0.5, 0.6) is 0 Å². The van der Waals surface area contributed by atoms with E-state index in [2.05, 4.69) is 10.6 Å². The van der Waals surface area contributed by atoms with Gasteiger partial charge in [0.15, 0.2) is 0 Å². The highest BCUT2D eigenvalue weighted by atomic mass is 16.4. The molecule has 1 amide bonds. The zero-order chi connectivity index (χ0) is 15.3. The maximum absolute atomic E-state index is 12.0. The number of carbonyl (C=O) groups is 2. The van der Waals surface area contributed by atoms with Crippen LogP contribution in [0.4, 0.5) is 5.69 Å². The smallest absolute Gasteiger partial charge is 0.336 e. The maximum atomic E-state index is 12.0. The Balaban J connectivity index is 2.88. The fraction of sp³-hybridized carbons (Fsp3) is 0.467. The lowest BCUT2D eigenvalue weighted by Gasteiger charge is -2.14. The highest BCUT2D eigenvalue weighted by molar-refractivity contribution is 5.96.